The van der Waals surface area contributed by atoms with E-state index in [1.807, 2.05) is 19.1 Å². The van der Waals surface area contributed by atoms with Crippen molar-refractivity contribution in [2.45, 2.75) is 69.7 Å². The summed E-state index contributed by atoms with van der Waals surface area (Å²) in [5.41, 5.74) is 2.14. The Hall–Kier alpha value is -2.58. The van der Waals surface area contributed by atoms with Gasteiger partial charge in [-0.25, -0.2) is 8.42 Å². The minimum atomic E-state index is -3.72. The monoisotopic (exact) mass is 483 g/mol. The number of benzene rings is 1. The highest BCUT2D eigenvalue weighted by Crippen LogP contribution is 2.25. The minimum absolute atomic E-state index is 0.0230. The predicted octanol–water partition coefficient (Wildman–Crippen LogP) is 3.97. The maximum absolute atomic E-state index is 13.4. The molecule has 1 aliphatic carbocycles. The lowest BCUT2D eigenvalue weighted by Gasteiger charge is -2.31. The Kier molecular flexibility index (Phi) is 7.48. The molecule has 1 saturated carbocycles. The molecule has 7 nitrogen and oxygen atoms in total. The molecule has 2 aliphatic rings. The van der Waals surface area contributed by atoms with Crippen molar-refractivity contribution < 1.29 is 18.0 Å². The molecular formula is C26H33N3O4S. The van der Waals surface area contributed by atoms with Crippen LogP contribution in [-0.2, 0) is 10.0 Å². The third-order valence-electron chi connectivity index (χ3n) is 6.90. The van der Waals surface area contributed by atoms with E-state index < -0.39 is 10.0 Å². The lowest BCUT2D eigenvalue weighted by molar-refractivity contribution is 0.0780. The maximum Gasteiger partial charge on any atom is 0.243 e. The standard InChI is InChI=1S/C26H33N3O4S/c1-19-11-16-29(25(17-19)27-23-8-4-3-5-9-23)26(31)21-12-14-28(15-13-21)34(32,33)24-10-6-7-22(18-24)20(2)30/h6-7,10-11,16-18,21,23H,3-5,8-9,12-15H2,1-2H3. The van der Waals surface area contributed by atoms with Crippen molar-refractivity contribution in [1.29, 1.82) is 0 Å². The fourth-order valence-corrected chi connectivity index (χ4v) is 6.35. The van der Waals surface area contributed by atoms with Gasteiger partial charge in [-0.1, -0.05) is 31.4 Å². The van der Waals surface area contributed by atoms with Gasteiger partial charge < -0.3 is 0 Å². The molecule has 182 valence electrons. The highest BCUT2D eigenvalue weighted by Gasteiger charge is 2.33. The van der Waals surface area contributed by atoms with Crippen LogP contribution in [0.5, 0.6) is 0 Å². The number of nitrogens with zero attached hydrogens (tertiary/aromatic N) is 3. The van der Waals surface area contributed by atoms with Gasteiger partial charge in [-0.05, 0) is 69.4 Å². The molecule has 0 atom stereocenters. The van der Waals surface area contributed by atoms with Crippen LogP contribution in [0.1, 0.15) is 72.6 Å². The molecular weight excluding hydrogens is 450 g/mol. The van der Waals surface area contributed by atoms with E-state index in [0.29, 0.717) is 23.9 Å². The molecule has 1 saturated heterocycles. The Labute approximate surface area is 201 Å². The second-order valence-electron chi connectivity index (χ2n) is 9.45. The summed E-state index contributed by atoms with van der Waals surface area (Å²) in [6.45, 7) is 3.95. The van der Waals surface area contributed by atoms with Crippen molar-refractivity contribution in [3.05, 3.63) is 59.2 Å². The van der Waals surface area contributed by atoms with Crippen LogP contribution in [0.25, 0.3) is 0 Å². The number of hydrogen-bond donors (Lipinski definition) is 0. The number of pyridine rings is 1. The number of piperidine rings is 1. The molecule has 0 radical (unpaired) electrons. The van der Waals surface area contributed by atoms with E-state index in [4.69, 9.17) is 4.99 Å². The number of rotatable bonds is 5. The van der Waals surface area contributed by atoms with E-state index in [1.165, 1.54) is 42.6 Å². The predicted molar refractivity (Wildman–Crippen MR) is 130 cm³/mol. The van der Waals surface area contributed by atoms with Crippen LogP contribution in [0.15, 0.2) is 52.5 Å². The highest BCUT2D eigenvalue weighted by atomic mass is 32.2. The number of ketones is 1. The summed E-state index contributed by atoms with van der Waals surface area (Å²) in [6, 6.07) is 10.3. The average molecular weight is 484 g/mol. The first-order chi connectivity index (χ1) is 16.3. The van der Waals surface area contributed by atoms with Gasteiger partial charge >= 0.3 is 0 Å². The Balaban J connectivity index is 1.50. The molecule has 0 amide bonds. The number of sulfonamides is 1. The number of hydrogen-bond acceptors (Lipinski definition) is 5. The quantitative estimate of drug-likeness (QED) is 0.602. The Morgan fingerprint density at radius 1 is 0.971 bits per heavy atom. The van der Waals surface area contributed by atoms with Crippen molar-refractivity contribution in [3.8, 4) is 0 Å². The van der Waals surface area contributed by atoms with Gasteiger partial charge in [-0.15, -0.1) is 0 Å². The van der Waals surface area contributed by atoms with Gasteiger partial charge in [0.1, 0.15) is 5.49 Å². The van der Waals surface area contributed by atoms with Crippen LogP contribution < -0.4 is 5.49 Å². The van der Waals surface area contributed by atoms with Crippen LogP contribution in [0.3, 0.4) is 0 Å². The fraction of sp³-hybridized carbons (Fsp3) is 0.500. The van der Waals surface area contributed by atoms with Gasteiger partial charge in [0.05, 0.1) is 10.9 Å². The molecule has 0 N–H and O–H groups in total. The van der Waals surface area contributed by atoms with E-state index in [1.54, 1.807) is 22.9 Å². The summed E-state index contributed by atoms with van der Waals surface area (Å²) in [4.78, 5) is 30.1. The number of carbonyl (C=O) groups is 2. The van der Waals surface area contributed by atoms with Gasteiger partial charge in [0.2, 0.25) is 15.9 Å². The van der Waals surface area contributed by atoms with E-state index >= 15 is 0 Å². The molecule has 4 rings (SSSR count). The van der Waals surface area contributed by atoms with Gasteiger partial charge in [0.25, 0.3) is 0 Å². The molecule has 0 unspecified atom stereocenters. The molecule has 1 aromatic heterocycles. The van der Waals surface area contributed by atoms with Crippen LogP contribution >= 0.6 is 0 Å². The van der Waals surface area contributed by atoms with E-state index in [-0.39, 0.29) is 41.6 Å². The summed E-state index contributed by atoms with van der Waals surface area (Å²) >= 11 is 0. The topological polar surface area (TPSA) is 88.8 Å². The smallest absolute Gasteiger partial charge is 0.243 e. The zero-order valence-corrected chi connectivity index (χ0v) is 20.8. The van der Waals surface area contributed by atoms with Crippen molar-refractivity contribution >= 4 is 21.7 Å². The molecule has 1 aromatic carbocycles. The molecule has 0 spiro atoms. The van der Waals surface area contributed by atoms with Crippen LogP contribution in [0.2, 0.25) is 0 Å². The number of carbonyl (C=O) groups excluding carboxylic acids is 2. The third kappa shape index (κ3) is 5.39. The second-order valence-corrected chi connectivity index (χ2v) is 11.4. The van der Waals surface area contributed by atoms with Gasteiger partial charge in [-0.2, -0.15) is 4.31 Å². The minimum Gasteiger partial charge on any atom is -0.295 e. The normalized spacial score (nSPS) is 19.3. The molecule has 2 aromatic rings. The highest BCUT2D eigenvalue weighted by molar-refractivity contribution is 7.89. The SMILES string of the molecule is CC(=O)c1cccc(S(=O)(=O)N2CCC(C(=O)n3ccc(C)cc3=NC3CCCCC3)CC2)c1. The Bertz CT molecular complexity index is 1230. The van der Waals surface area contributed by atoms with Crippen molar-refractivity contribution in [2.75, 3.05) is 13.1 Å². The molecule has 2 heterocycles. The van der Waals surface area contributed by atoms with E-state index in [2.05, 4.69) is 0 Å². The molecule has 8 heteroatoms. The lowest BCUT2D eigenvalue weighted by Crippen LogP contribution is -2.42. The summed E-state index contributed by atoms with van der Waals surface area (Å²) in [5.74, 6) is -0.459. The molecule has 1 aliphatic heterocycles. The zero-order valence-electron chi connectivity index (χ0n) is 19.9. The van der Waals surface area contributed by atoms with Crippen LogP contribution in [0, 0.1) is 12.8 Å². The van der Waals surface area contributed by atoms with Crippen molar-refractivity contribution in [1.82, 2.24) is 8.87 Å². The summed E-state index contributed by atoms with van der Waals surface area (Å²) < 4.78 is 29.3. The Morgan fingerprint density at radius 2 is 1.68 bits per heavy atom. The first-order valence-corrected chi connectivity index (χ1v) is 13.6. The number of Topliss-reactive ketones (excluding diaryl/α,β-unsaturated/α-hetero) is 1. The maximum atomic E-state index is 13.4. The number of aromatic nitrogens is 1. The number of aryl methyl sites for hydroxylation is 1. The first-order valence-electron chi connectivity index (χ1n) is 12.1. The van der Waals surface area contributed by atoms with Gasteiger partial charge in [-0.3, -0.25) is 19.1 Å². The summed E-state index contributed by atoms with van der Waals surface area (Å²) in [7, 11) is -3.72. The lowest BCUT2D eigenvalue weighted by atomic mass is 9.96. The van der Waals surface area contributed by atoms with E-state index in [9.17, 15) is 18.0 Å². The summed E-state index contributed by atoms with van der Waals surface area (Å²) in [5, 5.41) is 0. The van der Waals surface area contributed by atoms with Crippen LogP contribution in [-0.4, -0.2) is 48.1 Å². The molecule has 0 bridgehead atoms. The zero-order chi connectivity index (χ0) is 24.3. The average Bonchev–Trinajstić information content (AvgIpc) is 2.84. The third-order valence-corrected chi connectivity index (χ3v) is 8.79. The molecule has 34 heavy (non-hydrogen) atoms. The summed E-state index contributed by atoms with van der Waals surface area (Å²) in [6.07, 6.45) is 8.43. The van der Waals surface area contributed by atoms with Crippen LogP contribution in [0.4, 0.5) is 0 Å². The fourth-order valence-electron chi connectivity index (χ4n) is 4.84. The van der Waals surface area contributed by atoms with Gasteiger partial charge in [0, 0.05) is 30.8 Å². The van der Waals surface area contributed by atoms with Crippen molar-refractivity contribution in [3.63, 3.8) is 0 Å². The van der Waals surface area contributed by atoms with E-state index in [0.717, 1.165) is 18.4 Å². The Morgan fingerprint density at radius 3 is 2.35 bits per heavy atom. The molecule has 2 fully saturated rings. The van der Waals surface area contributed by atoms with Crippen molar-refractivity contribution in [2.24, 2.45) is 10.9 Å². The second kappa shape index (κ2) is 10.4. The largest absolute Gasteiger partial charge is 0.295 e. The first kappa shape index (κ1) is 24.5. The van der Waals surface area contributed by atoms with Gasteiger partial charge in [0.15, 0.2) is 5.78 Å².